The van der Waals surface area contributed by atoms with Gasteiger partial charge in [-0.25, -0.2) is 0 Å². The number of halogens is 3. The molecule has 0 bridgehead atoms. The molecular weight excluding hydrogens is 343 g/mol. The smallest absolute Gasteiger partial charge is 0.413 e. The SMILES string of the molecule is Cc1cc(-c2nnc(C(F)(F)F)o2)ccc1NC(=O)c1cccs1. The number of amides is 1. The van der Waals surface area contributed by atoms with Crippen LogP contribution in [0.5, 0.6) is 0 Å². The van der Waals surface area contributed by atoms with E-state index in [2.05, 4.69) is 19.9 Å². The van der Waals surface area contributed by atoms with Gasteiger partial charge in [-0.15, -0.1) is 21.5 Å². The van der Waals surface area contributed by atoms with Crippen molar-refractivity contribution in [1.29, 1.82) is 0 Å². The molecule has 0 aliphatic carbocycles. The van der Waals surface area contributed by atoms with Gasteiger partial charge in [-0.1, -0.05) is 6.07 Å². The summed E-state index contributed by atoms with van der Waals surface area (Å²) in [6, 6.07) is 8.11. The van der Waals surface area contributed by atoms with Crippen LogP contribution in [0, 0.1) is 6.92 Å². The van der Waals surface area contributed by atoms with Crippen molar-refractivity contribution in [1.82, 2.24) is 10.2 Å². The van der Waals surface area contributed by atoms with Crippen LogP contribution in [-0.4, -0.2) is 16.1 Å². The van der Waals surface area contributed by atoms with Gasteiger partial charge in [-0.05, 0) is 42.1 Å². The van der Waals surface area contributed by atoms with Gasteiger partial charge in [0.05, 0.1) is 4.88 Å². The maximum atomic E-state index is 12.5. The number of alkyl halides is 3. The Hall–Kier alpha value is -2.68. The molecule has 0 saturated heterocycles. The topological polar surface area (TPSA) is 68.0 Å². The highest BCUT2D eigenvalue weighted by Crippen LogP contribution is 2.31. The number of anilines is 1. The molecule has 0 fully saturated rings. The molecule has 9 heteroatoms. The van der Waals surface area contributed by atoms with Crippen molar-refractivity contribution in [3.8, 4) is 11.5 Å². The van der Waals surface area contributed by atoms with Crippen LogP contribution >= 0.6 is 11.3 Å². The molecule has 0 spiro atoms. The highest BCUT2D eigenvalue weighted by atomic mass is 32.1. The van der Waals surface area contributed by atoms with Crippen molar-refractivity contribution in [3.63, 3.8) is 0 Å². The van der Waals surface area contributed by atoms with Crippen LogP contribution < -0.4 is 5.32 Å². The number of nitrogens with zero attached hydrogens (tertiary/aromatic N) is 2. The van der Waals surface area contributed by atoms with E-state index in [4.69, 9.17) is 0 Å². The zero-order chi connectivity index (χ0) is 17.3. The van der Waals surface area contributed by atoms with Gasteiger partial charge in [0, 0.05) is 11.3 Å². The molecule has 124 valence electrons. The van der Waals surface area contributed by atoms with Gasteiger partial charge in [0.1, 0.15) is 0 Å². The molecule has 0 saturated carbocycles. The number of hydrogen-bond donors (Lipinski definition) is 1. The van der Waals surface area contributed by atoms with E-state index in [1.807, 2.05) is 0 Å². The molecule has 1 amide bonds. The van der Waals surface area contributed by atoms with E-state index in [1.54, 1.807) is 36.6 Å². The highest BCUT2D eigenvalue weighted by molar-refractivity contribution is 7.12. The average molecular weight is 353 g/mol. The number of carbonyl (C=O) groups is 1. The standard InChI is InChI=1S/C15H10F3N3O2S/c1-8-7-9(13-20-21-14(23-13)15(16,17)18)4-5-10(8)19-12(22)11-3-2-6-24-11/h2-7H,1H3,(H,19,22). The Labute approximate surface area is 138 Å². The van der Waals surface area contributed by atoms with Crippen molar-refractivity contribution < 1.29 is 22.4 Å². The third-order valence-corrected chi connectivity index (χ3v) is 4.00. The Kier molecular flexibility index (Phi) is 4.10. The monoisotopic (exact) mass is 353 g/mol. The molecule has 2 heterocycles. The third-order valence-electron chi connectivity index (χ3n) is 3.13. The first kappa shape index (κ1) is 16.2. The van der Waals surface area contributed by atoms with Gasteiger partial charge < -0.3 is 9.73 Å². The molecule has 3 rings (SSSR count). The summed E-state index contributed by atoms with van der Waals surface area (Å²) in [7, 11) is 0. The first-order valence-electron chi connectivity index (χ1n) is 6.71. The van der Waals surface area contributed by atoms with E-state index >= 15 is 0 Å². The number of rotatable bonds is 3. The van der Waals surface area contributed by atoms with E-state index < -0.39 is 12.1 Å². The second-order valence-corrected chi connectivity index (χ2v) is 5.82. The predicted octanol–water partition coefficient (Wildman–Crippen LogP) is 4.38. The van der Waals surface area contributed by atoms with Gasteiger partial charge in [0.2, 0.25) is 5.89 Å². The van der Waals surface area contributed by atoms with E-state index in [0.29, 0.717) is 21.7 Å². The van der Waals surface area contributed by atoms with Crippen LogP contribution in [0.4, 0.5) is 18.9 Å². The van der Waals surface area contributed by atoms with Crippen LogP contribution in [0.25, 0.3) is 11.5 Å². The lowest BCUT2D eigenvalue weighted by Crippen LogP contribution is -2.11. The second-order valence-electron chi connectivity index (χ2n) is 4.87. The zero-order valence-electron chi connectivity index (χ0n) is 12.2. The summed E-state index contributed by atoms with van der Waals surface area (Å²) in [4.78, 5) is 12.6. The Morgan fingerprint density at radius 3 is 2.62 bits per heavy atom. The first-order chi connectivity index (χ1) is 11.3. The van der Waals surface area contributed by atoms with Gasteiger partial charge >= 0.3 is 12.1 Å². The lowest BCUT2D eigenvalue weighted by molar-refractivity contribution is -0.156. The summed E-state index contributed by atoms with van der Waals surface area (Å²) in [5, 5.41) is 10.9. The number of benzene rings is 1. The van der Waals surface area contributed by atoms with Gasteiger partial charge in [0.25, 0.3) is 5.91 Å². The quantitative estimate of drug-likeness (QED) is 0.759. The molecule has 5 nitrogen and oxygen atoms in total. The summed E-state index contributed by atoms with van der Waals surface area (Å²) in [6.07, 6.45) is -4.69. The maximum absolute atomic E-state index is 12.5. The molecular formula is C15H10F3N3O2S. The minimum Gasteiger partial charge on any atom is -0.413 e. The van der Waals surface area contributed by atoms with E-state index in [9.17, 15) is 18.0 Å². The van der Waals surface area contributed by atoms with E-state index in [-0.39, 0.29) is 11.8 Å². The maximum Gasteiger partial charge on any atom is 0.470 e. The fourth-order valence-corrected chi connectivity index (χ4v) is 2.60. The van der Waals surface area contributed by atoms with Crippen LogP contribution in [0.3, 0.4) is 0 Å². The Morgan fingerprint density at radius 1 is 1.25 bits per heavy atom. The van der Waals surface area contributed by atoms with Crippen LogP contribution in [0.2, 0.25) is 0 Å². The molecule has 0 atom stereocenters. The Bertz CT molecular complexity index is 872. The first-order valence-corrected chi connectivity index (χ1v) is 7.59. The van der Waals surface area contributed by atoms with Crippen molar-refractivity contribution in [2.45, 2.75) is 13.1 Å². The summed E-state index contributed by atoms with van der Waals surface area (Å²) in [6.45, 7) is 1.72. The number of aryl methyl sites for hydroxylation is 1. The van der Waals surface area contributed by atoms with Crippen LogP contribution in [-0.2, 0) is 6.18 Å². The van der Waals surface area contributed by atoms with Gasteiger partial charge in [-0.3, -0.25) is 4.79 Å². The average Bonchev–Trinajstić information content (AvgIpc) is 3.20. The highest BCUT2D eigenvalue weighted by Gasteiger charge is 2.38. The molecule has 0 unspecified atom stereocenters. The molecule has 0 radical (unpaired) electrons. The van der Waals surface area contributed by atoms with Crippen LogP contribution in [0.1, 0.15) is 21.1 Å². The minimum atomic E-state index is -4.69. The Morgan fingerprint density at radius 2 is 2.04 bits per heavy atom. The summed E-state index contributed by atoms with van der Waals surface area (Å²) < 4.78 is 42.1. The lowest BCUT2D eigenvalue weighted by atomic mass is 10.1. The molecule has 1 aromatic carbocycles. The van der Waals surface area contributed by atoms with Crippen molar-refractivity contribution in [2.24, 2.45) is 0 Å². The molecule has 24 heavy (non-hydrogen) atoms. The summed E-state index contributed by atoms with van der Waals surface area (Å²) in [5.74, 6) is -1.88. The van der Waals surface area contributed by atoms with E-state index in [0.717, 1.165) is 0 Å². The molecule has 1 N–H and O–H groups in total. The predicted molar refractivity (Wildman–Crippen MR) is 81.7 cm³/mol. The number of carbonyl (C=O) groups excluding carboxylic acids is 1. The molecule has 3 aromatic rings. The number of hydrogen-bond acceptors (Lipinski definition) is 5. The van der Waals surface area contributed by atoms with Crippen LogP contribution in [0.15, 0.2) is 40.1 Å². The molecule has 2 aromatic heterocycles. The van der Waals surface area contributed by atoms with Crippen molar-refractivity contribution in [2.75, 3.05) is 5.32 Å². The molecule has 0 aliphatic rings. The lowest BCUT2D eigenvalue weighted by Gasteiger charge is -2.08. The van der Waals surface area contributed by atoms with E-state index in [1.165, 1.54) is 17.4 Å². The minimum absolute atomic E-state index is 0.235. The largest absolute Gasteiger partial charge is 0.470 e. The fraction of sp³-hybridized carbons (Fsp3) is 0.133. The summed E-state index contributed by atoms with van der Waals surface area (Å²) >= 11 is 1.31. The van der Waals surface area contributed by atoms with Gasteiger partial charge in [0.15, 0.2) is 0 Å². The van der Waals surface area contributed by atoms with Crippen molar-refractivity contribution >= 4 is 22.9 Å². The van der Waals surface area contributed by atoms with Crippen molar-refractivity contribution in [3.05, 3.63) is 52.0 Å². The number of thiophene rings is 1. The number of nitrogens with one attached hydrogen (secondary N) is 1. The fourth-order valence-electron chi connectivity index (χ4n) is 1.98. The zero-order valence-corrected chi connectivity index (χ0v) is 13.0. The molecule has 0 aliphatic heterocycles. The Balaban J connectivity index is 1.82. The van der Waals surface area contributed by atoms with Gasteiger partial charge in [-0.2, -0.15) is 13.2 Å². The normalized spacial score (nSPS) is 11.5. The summed E-state index contributed by atoms with van der Waals surface area (Å²) in [5.41, 5.74) is 1.54. The second kappa shape index (κ2) is 6.08. The third kappa shape index (κ3) is 3.30. The number of aromatic nitrogens is 2.